The zero-order valence-electron chi connectivity index (χ0n) is 19.4. The van der Waals surface area contributed by atoms with Crippen LogP contribution in [0.2, 0.25) is 0 Å². The zero-order valence-corrected chi connectivity index (χ0v) is 19.4. The fraction of sp³-hybridized carbons (Fsp3) is 0.154. The molecule has 4 N–H and O–H groups in total. The summed E-state index contributed by atoms with van der Waals surface area (Å²) in [4.78, 5) is 38.1. The van der Waals surface area contributed by atoms with Gasteiger partial charge in [0, 0.05) is 29.6 Å². The number of allylic oxidation sites excluding steroid dienone is 1. The Hall–Kier alpha value is -4.86. The number of amides is 2. The number of hydrazone groups is 1. The molecule has 2 heterocycles. The molecular weight excluding hydrogens is 462 g/mol. The summed E-state index contributed by atoms with van der Waals surface area (Å²) in [5, 5.41) is 8.92. The summed E-state index contributed by atoms with van der Waals surface area (Å²) in [5.74, 6) is 0.156. The number of anilines is 2. The van der Waals surface area contributed by atoms with Gasteiger partial charge in [-0.1, -0.05) is 6.07 Å². The monoisotopic (exact) mass is 485 g/mol. The lowest BCUT2D eigenvalue weighted by molar-refractivity contribution is -0.111. The lowest BCUT2D eigenvalue weighted by atomic mass is 9.89. The number of ether oxygens (including phenoxy) is 2. The van der Waals surface area contributed by atoms with E-state index in [2.05, 4.69) is 15.4 Å². The normalized spacial score (nSPS) is 14.0. The molecule has 0 radical (unpaired) electrons. The number of H-pyrrole nitrogens is 1. The molecule has 2 aromatic carbocycles. The van der Waals surface area contributed by atoms with Gasteiger partial charge >= 0.3 is 0 Å². The van der Waals surface area contributed by atoms with Crippen molar-refractivity contribution in [3.05, 3.63) is 87.3 Å². The Morgan fingerprint density at radius 1 is 1.08 bits per heavy atom. The van der Waals surface area contributed by atoms with Gasteiger partial charge in [0.2, 0.25) is 12.4 Å². The van der Waals surface area contributed by atoms with Crippen LogP contribution in [0.25, 0.3) is 5.70 Å². The van der Waals surface area contributed by atoms with Crippen LogP contribution < -0.4 is 31.1 Å². The molecule has 0 fully saturated rings. The van der Waals surface area contributed by atoms with Gasteiger partial charge in [-0.05, 0) is 61.2 Å². The maximum Gasteiger partial charge on any atom is 0.261 e. The van der Waals surface area contributed by atoms with Gasteiger partial charge in [0.1, 0.15) is 6.21 Å². The van der Waals surface area contributed by atoms with Crippen LogP contribution in [-0.4, -0.2) is 29.8 Å². The van der Waals surface area contributed by atoms with Crippen LogP contribution >= 0.6 is 0 Å². The fourth-order valence-electron chi connectivity index (χ4n) is 4.20. The second-order valence-electron chi connectivity index (χ2n) is 8.39. The highest BCUT2D eigenvalue weighted by atomic mass is 16.7. The molecular formula is C26H23N5O5. The van der Waals surface area contributed by atoms with Gasteiger partial charge in [-0.15, -0.1) is 0 Å². The van der Waals surface area contributed by atoms with Crippen LogP contribution in [0.5, 0.6) is 11.5 Å². The minimum Gasteiger partial charge on any atom is -0.454 e. The molecule has 2 amide bonds. The Kier molecular flexibility index (Phi) is 5.99. The summed E-state index contributed by atoms with van der Waals surface area (Å²) in [5.41, 5.74) is 10.4. The largest absolute Gasteiger partial charge is 0.454 e. The SMILES string of the molecule is CC1=C(N(/N=C/C(N)=O)c2ccc3c(c2)OCO3)c2cc(NC(=O)c3ccc(=O)[nH]c3)ccc2CC1. The van der Waals surface area contributed by atoms with E-state index in [9.17, 15) is 14.4 Å². The van der Waals surface area contributed by atoms with Gasteiger partial charge in [-0.3, -0.25) is 14.4 Å². The van der Waals surface area contributed by atoms with E-state index in [-0.39, 0.29) is 18.3 Å². The molecule has 10 nitrogen and oxygen atoms in total. The lowest BCUT2D eigenvalue weighted by Gasteiger charge is -2.30. The number of nitrogens with two attached hydrogens (primary N) is 1. The van der Waals surface area contributed by atoms with Crippen molar-refractivity contribution >= 4 is 35.1 Å². The number of rotatable bonds is 6. The topological polar surface area (TPSA) is 139 Å². The Bertz CT molecular complexity index is 1470. The minimum absolute atomic E-state index is 0.131. The number of aromatic nitrogens is 1. The van der Waals surface area contributed by atoms with Crippen LogP contribution in [-0.2, 0) is 11.2 Å². The van der Waals surface area contributed by atoms with E-state index in [1.807, 2.05) is 31.2 Å². The summed E-state index contributed by atoms with van der Waals surface area (Å²) in [6, 6.07) is 13.8. The number of fused-ring (bicyclic) bond motifs is 2. The first-order chi connectivity index (χ1) is 17.4. The number of aromatic amines is 1. The van der Waals surface area contributed by atoms with Crippen molar-refractivity contribution in [3.63, 3.8) is 0 Å². The molecule has 1 aliphatic heterocycles. The first-order valence-corrected chi connectivity index (χ1v) is 11.3. The maximum absolute atomic E-state index is 12.7. The summed E-state index contributed by atoms with van der Waals surface area (Å²) >= 11 is 0. The summed E-state index contributed by atoms with van der Waals surface area (Å²) in [6.45, 7) is 2.13. The zero-order chi connectivity index (χ0) is 25.2. The first kappa shape index (κ1) is 22.9. The molecule has 182 valence electrons. The minimum atomic E-state index is -0.683. The Morgan fingerprint density at radius 2 is 1.92 bits per heavy atom. The average molecular weight is 486 g/mol. The van der Waals surface area contributed by atoms with Gasteiger partial charge in [-0.25, -0.2) is 5.01 Å². The molecule has 0 atom stereocenters. The third-order valence-corrected chi connectivity index (χ3v) is 5.96. The van der Waals surface area contributed by atoms with Crippen LogP contribution in [0.3, 0.4) is 0 Å². The van der Waals surface area contributed by atoms with E-state index in [4.69, 9.17) is 15.2 Å². The molecule has 0 saturated heterocycles. The highest BCUT2D eigenvalue weighted by molar-refractivity contribution is 6.25. The van der Waals surface area contributed by atoms with Crippen molar-refractivity contribution in [1.82, 2.24) is 4.98 Å². The van der Waals surface area contributed by atoms with E-state index in [1.165, 1.54) is 18.3 Å². The molecule has 1 aromatic heterocycles. The van der Waals surface area contributed by atoms with Gasteiger partial charge in [0.25, 0.3) is 11.8 Å². The first-order valence-electron chi connectivity index (χ1n) is 11.3. The average Bonchev–Trinajstić information content (AvgIpc) is 3.33. The predicted octanol–water partition coefficient (Wildman–Crippen LogP) is 3.01. The Labute approximate surface area is 206 Å². The number of hydrogen-bond donors (Lipinski definition) is 3. The van der Waals surface area contributed by atoms with Crippen molar-refractivity contribution in [3.8, 4) is 11.5 Å². The third-order valence-electron chi connectivity index (χ3n) is 5.96. The Balaban J connectivity index is 1.54. The maximum atomic E-state index is 12.7. The van der Waals surface area contributed by atoms with Gasteiger partial charge in [0.15, 0.2) is 11.5 Å². The Morgan fingerprint density at radius 3 is 2.69 bits per heavy atom. The smallest absolute Gasteiger partial charge is 0.261 e. The number of primary amides is 1. The number of pyridine rings is 1. The summed E-state index contributed by atoms with van der Waals surface area (Å²) in [7, 11) is 0. The number of carbonyl (C=O) groups is 2. The molecule has 1 aliphatic carbocycles. The second kappa shape index (κ2) is 9.41. The van der Waals surface area contributed by atoms with Crippen LogP contribution in [0.1, 0.15) is 34.8 Å². The molecule has 10 heteroatoms. The standard InChI is InChI=1S/C26H23N5O5/c1-15-2-3-16-4-6-18(30-26(34)17-5-9-24(33)28-12-17)10-20(16)25(15)31(29-13-23(27)32)19-7-8-21-22(11-19)36-14-35-21/h4-13H,2-3,14H2,1H3,(H2,27,32)(H,28,33)(H,30,34)/b29-13+. The summed E-state index contributed by atoms with van der Waals surface area (Å²) in [6.07, 6.45) is 4.03. The highest BCUT2D eigenvalue weighted by Crippen LogP contribution is 2.41. The number of carbonyl (C=O) groups excluding carboxylic acids is 2. The van der Waals surface area contributed by atoms with E-state index in [1.54, 1.807) is 17.1 Å². The molecule has 3 aromatic rings. The predicted molar refractivity (Wildman–Crippen MR) is 135 cm³/mol. The van der Waals surface area contributed by atoms with E-state index in [0.29, 0.717) is 28.4 Å². The van der Waals surface area contributed by atoms with E-state index >= 15 is 0 Å². The van der Waals surface area contributed by atoms with Crippen LogP contribution in [0, 0.1) is 0 Å². The second-order valence-corrected chi connectivity index (χ2v) is 8.39. The number of benzene rings is 2. The molecule has 36 heavy (non-hydrogen) atoms. The fourth-order valence-corrected chi connectivity index (χ4v) is 4.20. The van der Waals surface area contributed by atoms with Crippen LogP contribution in [0.15, 0.2) is 70.2 Å². The lowest BCUT2D eigenvalue weighted by Crippen LogP contribution is -2.23. The highest BCUT2D eigenvalue weighted by Gasteiger charge is 2.25. The number of nitrogens with one attached hydrogen (secondary N) is 2. The van der Waals surface area contributed by atoms with Crippen molar-refractivity contribution in [2.75, 3.05) is 17.1 Å². The van der Waals surface area contributed by atoms with Crippen LogP contribution in [0.4, 0.5) is 11.4 Å². The quantitative estimate of drug-likeness (QED) is 0.362. The molecule has 0 bridgehead atoms. The van der Waals surface area contributed by atoms with Crippen molar-refractivity contribution < 1.29 is 19.1 Å². The molecule has 0 unspecified atom stereocenters. The third kappa shape index (κ3) is 4.56. The van der Waals surface area contributed by atoms with Crippen molar-refractivity contribution in [1.29, 1.82) is 0 Å². The molecule has 5 rings (SSSR count). The number of nitrogens with zero attached hydrogens (tertiary/aromatic N) is 2. The summed E-state index contributed by atoms with van der Waals surface area (Å²) < 4.78 is 11.0. The molecule has 0 spiro atoms. The van der Waals surface area contributed by atoms with Crippen molar-refractivity contribution in [2.45, 2.75) is 19.8 Å². The van der Waals surface area contributed by atoms with Crippen molar-refractivity contribution in [2.24, 2.45) is 10.8 Å². The number of aryl methyl sites for hydroxylation is 1. The van der Waals surface area contributed by atoms with Gasteiger partial charge in [0.05, 0.1) is 16.9 Å². The van der Waals surface area contributed by atoms with E-state index in [0.717, 1.165) is 41.5 Å². The molecule has 0 saturated carbocycles. The van der Waals surface area contributed by atoms with E-state index < -0.39 is 5.91 Å². The van der Waals surface area contributed by atoms with Gasteiger partial charge < -0.3 is 25.5 Å². The molecule has 2 aliphatic rings. The van der Waals surface area contributed by atoms with Gasteiger partial charge in [-0.2, -0.15) is 5.10 Å². The number of hydrogen-bond acceptors (Lipinski definition) is 7.